The van der Waals surface area contributed by atoms with Crippen LogP contribution in [0.15, 0.2) is 212 Å². The summed E-state index contributed by atoms with van der Waals surface area (Å²) in [7, 11) is 0. The van der Waals surface area contributed by atoms with E-state index >= 15 is 0 Å². The van der Waals surface area contributed by atoms with E-state index in [9.17, 15) is 33.6 Å². The molecule has 7 aromatic carbocycles. The first-order valence-corrected chi connectivity index (χ1v) is 25.8. The third-order valence-corrected chi connectivity index (χ3v) is 13.2. The fraction of sp³-hybridized carbons (Fsp3) is 0.197. The highest BCUT2D eigenvalue weighted by Crippen LogP contribution is 2.38. The first-order valence-electron chi connectivity index (χ1n) is 24.9. The van der Waals surface area contributed by atoms with E-state index in [1.54, 1.807) is 127 Å². The van der Waals surface area contributed by atoms with Crippen molar-refractivity contribution in [1.29, 1.82) is 0 Å². The van der Waals surface area contributed by atoms with Gasteiger partial charge >= 0.3 is 41.8 Å². The summed E-state index contributed by atoms with van der Waals surface area (Å²) in [5.74, 6) is -6.33. The van der Waals surface area contributed by atoms with Gasteiger partial charge in [-0.2, -0.15) is 0 Å². The summed E-state index contributed by atoms with van der Waals surface area (Å²) in [4.78, 5) is 98.9. The highest BCUT2D eigenvalue weighted by molar-refractivity contribution is 9.09. The molecule has 7 aromatic rings. The second-order valence-corrected chi connectivity index (χ2v) is 18.7. The van der Waals surface area contributed by atoms with Crippen LogP contribution in [0.25, 0.3) is 0 Å². The minimum Gasteiger partial charge on any atom is -0.459 e. The molecule has 10 atom stereocenters. The molecular formula is C61H49BrO17. The fourth-order valence-corrected chi connectivity index (χ4v) is 9.25. The number of carbonyl (C=O) groups is 7. The molecule has 0 aromatic heterocycles. The van der Waals surface area contributed by atoms with Crippen LogP contribution in [0.3, 0.4) is 0 Å². The lowest BCUT2D eigenvalue weighted by atomic mass is 9.96. The zero-order valence-corrected chi connectivity index (χ0v) is 43.3. The third-order valence-electron chi connectivity index (χ3n) is 12.5. The molecule has 4 unspecified atom stereocenters. The molecule has 0 spiro atoms. The Morgan fingerprint density at radius 3 is 0.886 bits per heavy atom. The molecule has 2 saturated heterocycles. The van der Waals surface area contributed by atoms with E-state index in [-0.39, 0.29) is 38.9 Å². The van der Waals surface area contributed by atoms with Gasteiger partial charge in [-0.3, -0.25) is 0 Å². The second-order valence-electron chi connectivity index (χ2n) is 17.8. The monoisotopic (exact) mass is 1130 g/mol. The van der Waals surface area contributed by atoms with E-state index < -0.39 is 115 Å². The van der Waals surface area contributed by atoms with Crippen LogP contribution in [0.1, 0.15) is 72.5 Å². The minimum atomic E-state index is -2.01. The topological polar surface area (TPSA) is 212 Å². The van der Waals surface area contributed by atoms with Crippen molar-refractivity contribution in [2.24, 2.45) is 0 Å². The maximum Gasteiger partial charge on any atom is 0.338 e. The van der Waals surface area contributed by atoms with E-state index in [2.05, 4.69) is 15.9 Å². The Bertz CT molecular complexity index is 3170. The molecule has 18 heteroatoms. The zero-order chi connectivity index (χ0) is 55.1. The number of benzene rings is 7. The highest BCUT2D eigenvalue weighted by atomic mass is 79.9. The molecule has 2 aliphatic rings. The Hall–Kier alpha value is -8.81. The van der Waals surface area contributed by atoms with Gasteiger partial charge in [0.1, 0.15) is 31.5 Å². The molecule has 2 aliphatic heterocycles. The summed E-state index contributed by atoms with van der Waals surface area (Å²) < 4.78 is 63.0. The third kappa shape index (κ3) is 14.0. The molecule has 0 bridgehead atoms. The van der Waals surface area contributed by atoms with Crippen molar-refractivity contribution in [1.82, 2.24) is 0 Å². The van der Waals surface area contributed by atoms with Gasteiger partial charge in [0.15, 0.2) is 41.8 Å². The summed E-state index contributed by atoms with van der Waals surface area (Å²) in [6, 6.07) is 55.1. The molecular weight excluding hydrogens is 1080 g/mol. The lowest BCUT2D eigenvalue weighted by Crippen LogP contribution is -2.66. The lowest BCUT2D eigenvalue weighted by molar-refractivity contribution is -0.334. The van der Waals surface area contributed by atoms with Crippen LogP contribution in [-0.4, -0.2) is 115 Å². The van der Waals surface area contributed by atoms with E-state index in [0.717, 1.165) is 0 Å². The van der Waals surface area contributed by atoms with Crippen LogP contribution < -0.4 is 0 Å². The number of alkyl halides is 1. The zero-order valence-electron chi connectivity index (χ0n) is 41.7. The first-order chi connectivity index (χ1) is 38.5. The normalized spacial score (nSPS) is 22.4. The number of hydrogen-bond acceptors (Lipinski definition) is 17. The minimum absolute atomic E-state index is 0.0161. The van der Waals surface area contributed by atoms with Gasteiger partial charge in [-0.15, -0.1) is 0 Å². The van der Waals surface area contributed by atoms with E-state index in [1.165, 1.54) is 84.9 Å². The number of carbonyl (C=O) groups excluding carboxylic acids is 7. The molecule has 0 saturated carbocycles. The van der Waals surface area contributed by atoms with Crippen molar-refractivity contribution in [2.45, 2.75) is 60.1 Å². The van der Waals surface area contributed by atoms with Crippen LogP contribution in [0, 0.1) is 0 Å². The number of halogens is 1. The van der Waals surface area contributed by atoms with Crippen molar-refractivity contribution in [3.8, 4) is 0 Å². The van der Waals surface area contributed by atoms with E-state index in [4.69, 9.17) is 47.4 Å². The Kier molecular flexibility index (Phi) is 18.4. The Morgan fingerprint density at radius 1 is 0.304 bits per heavy atom. The average molecular weight is 1130 g/mol. The fourth-order valence-electron chi connectivity index (χ4n) is 8.56. The molecule has 402 valence electrons. The summed E-state index contributed by atoms with van der Waals surface area (Å²) in [5.41, 5.74) is 0.592. The predicted octanol–water partition coefficient (Wildman–Crippen LogP) is 9.06. The van der Waals surface area contributed by atoms with Crippen molar-refractivity contribution < 1.29 is 80.9 Å². The van der Waals surface area contributed by atoms with Crippen molar-refractivity contribution >= 4 is 57.7 Å². The molecule has 17 nitrogen and oxygen atoms in total. The van der Waals surface area contributed by atoms with Gasteiger partial charge in [0.25, 0.3) is 0 Å². The maximum atomic E-state index is 14.5. The first kappa shape index (κ1) is 55.0. The van der Waals surface area contributed by atoms with E-state index in [0.29, 0.717) is 0 Å². The maximum absolute atomic E-state index is 14.5. The van der Waals surface area contributed by atoms with Crippen LogP contribution in [0.4, 0.5) is 0 Å². The van der Waals surface area contributed by atoms with Crippen molar-refractivity contribution in [3.63, 3.8) is 0 Å². The largest absolute Gasteiger partial charge is 0.459 e. The molecule has 2 fully saturated rings. The number of hydrogen-bond donors (Lipinski definition) is 0. The standard InChI is InChI=1S/C61H49BrO17/c62-53-51(77-59(68)43-32-18-6-19-33-43)49(47(74-56(65)40-26-12-3-13-27-40)45(72-53)36-70-54(63)38-22-8-1-9-23-38)79-61-52(78-60(69)44-34-20-7-21-35-44)50(76-58(67)42-30-16-5-17-31-42)48(75-57(66)41-28-14-4-15-29-41)46(73-61)37-71-55(64)39-24-10-2-11-25-39/h1-35,45-53,61H,36-37H2/t45?,46?,47-,48-,49-,50-,51?,52?,53+,61-/m0/s1. The quantitative estimate of drug-likeness (QED) is 0.0445. The van der Waals surface area contributed by atoms with Crippen molar-refractivity contribution in [3.05, 3.63) is 251 Å². The van der Waals surface area contributed by atoms with Crippen LogP contribution in [0.5, 0.6) is 0 Å². The number of rotatable bonds is 18. The number of ether oxygens (including phenoxy) is 10. The van der Waals surface area contributed by atoms with Gasteiger partial charge in [-0.05, 0) is 84.9 Å². The highest BCUT2D eigenvalue weighted by Gasteiger charge is 2.58. The van der Waals surface area contributed by atoms with Crippen LogP contribution >= 0.6 is 15.9 Å². The summed E-state index contributed by atoms with van der Waals surface area (Å²) in [6.07, 6.45) is -15.8. The number of esters is 7. The van der Waals surface area contributed by atoms with Crippen molar-refractivity contribution in [2.75, 3.05) is 13.2 Å². The molecule has 0 aliphatic carbocycles. The molecule has 0 amide bonds. The lowest BCUT2D eigenvalue weighted by Gasteiger charge is -2.48. The summed E-state index contributed by atoms with van der Waals surface area (Å²) in [6.45, 7) is -1.31. The molecule has 2 heterocycles. The average Bonchev–Trinajstić information content (AvgIpc) is 3.54. The second kappa shape index (κ2) is 26.5. The van der Waals surface area contributed by atoms with Gasteiger partial charge in [0.05, 0.1) is 38.9 Å². The Balaban J connectivity index is 1.18. The smallest absolute Gasteiger partial charge is 0.338 e. The van der Waals surface area contributed by atoms with Crippen LogP contribution in [0.2, 0.25) is 0 Å². The molecule has 79 heavy (non-hydrogen) atoms. The summed E-state index contributed by atoms with van der Waals surface area (Å²) >= 11 is 3.51. The van der Waals surface area contributed by atoms with Gasteiger partial charge in [-0.25, -0.2) is 33.6 Å². The van der Waals surface area contributed by atoms with E-state index in [1.807, 2.05) is 0 Å². The van der Waals surface area contributed by atoms with Gasteiger partial charge in [0, 0.05) is 0 Å². The SMILES string of the molecule is O=C(OCC1O[C@@H](O[C@@H]2C(OC(=O)c3ccccc3)[C@H](Br)OC(COC(=O)c3ccccc3)[C@@H]2OC(=O)c2ccccc2)C(OC(=O)c2ccccc2)[C@@H](OC(=O)c2ccccc2)[C@H]1OC(=O)c1ccccc1)c1ccccc1. The van der Waals surface area contributed by atoms with Gasteiger partial charge < -0.3 is 47.4 Å². The molecule has 9 rings (SSSR count). The van der Waals surface area contributed by atoms with Gasteiger partial charge in [-0.1, -0.05) is 143 Å². The molecule has 0 N–H and O–H groups in total. The molecule has 0 radical (unpaired) electrons. The summed E-state index contributed by atoms with van der Waals surface area (Å²) in [5, 5.41) is -1.35. The van der Waals surface area contributed by atoms with Gasteiger partial charge in [0.2, 0.25) is 0 Å². The Morgan fingerprint density at radius 2 is 0.557 bits per heavy atom. The van der Waals surface area contributed by atoms with Crippen LogP contribution in [-0.2, 0) is 47.4 Å². The Labute approximate surface area is 461 Å². The predicted molar refractivity (Wildman–Crippen MR) is 283 cm³/mol.